The van der Waals surface area contributed by atoms with E-state index >= 15 is 0 Å². The van der Waals surface area contributed by atoms with Crippen LogP contribution in [0.1, 0.15) is 22.7 Å². The summed E-state index contributed by atoms with van der Waals surface area (Å²) in [6.07, 6.45) is 0. The number of halogens is 1. The van der Waals surface area contributed by atoms with Crippen LogP contribution in [0.25, 0.3) is 10.9 Å². The molecule has 0 spiro atoms. The minimum Gasteiger partial charge on any atom is -0.324 e. The predicted octanol–water partition coefficient (Wildman–Crippen LogP) is 4.29. The van der Waals surface area contributed by atoms with Crippen LogP contribution in [-0.4, -0.2) is 20.9 Å². The first-order valence-corrected chi connectivity index (χ1v) is 9.79. The Morgan fingerprint density at radius 2 is 1.80 bits per heavy atom. The summed E-state index contributed by atoms with van der Waals surface area (Å²) in [6.45, 7) is 3.87. The van der Waals surface area contributed by atoms with E-state index in [0.29, 0.717) is 27.2 Å². The molecule has 0 bridgehead atoms. The van der Waals surface area contributed by atoms with E-state index in [-0.39, 0.29) is 5.91 Å². The fourth-order valence-electron chi connectivity index (χ4n) is 3.31. The monoisotopic (exact) mass is 418 g/mol. The van der Waals surface area contributed by atoms with E-state index in [0.717, 1.165) is 15.8 Å². The zero-order chi connectivity index (χ0) is 21.3. The minimum absolute atomic E-state index is 0.342. The van der Waals surface area contributed by atoms with Crippen molar-refractivity contribution in [2.75, 3.05) is 5.32 Å². The summed E-state index contributed by atoms with van der Waals surface area (Å²) < 4.78 is 1.12. The molecule has 0 saturated heterocycles. The fourth-order valence-corrected chi connectivity index (χ4v) is 3.47. The van der Waals surface area contributed by atoms with Gasteiger partial charge >= 0.3 is 0 Å². The molecule has 1 unspecified atom stereocenters. The van der Waals surface area contributed by atoms with Gasteiger partial charge in [-0.25, -0.2) is 0 Å². The maximum absolute atomic E-state index is 13.4. The highest BCUT2D eigenvalue weighted by Gasteiger charge is 2.26. The molecule has 30 heavy (non-hydrogen) atoms. The van der Waals surface area contributed by atoms with E-state index in [1.807, 2.05) is 50.2 Å². The summed E-state index contributed by atoms with van der Waals surface area (Å²) in [5.41, 5.74) is 3.23. The highest BCUT2D eigenvalue weighted by Crippen LogP contribution is 2.22. The number of nitrogens with zero attached hydrogens (tertiary/aromatic N) is 3. The van der Waals surface area contributed by atoms with E-state index in [1.165, 1.54) is 0 Å². The number of nitrogens with one attached hydrogen (secondary N) is 1. The van der Waals surface area contributed by atoms with Gasteiger partial charge in [-0.3, -0.25) is 9.59 Å². The lowest BCUT2D eigenvalue weighted by atomic mass is 10.1. The Hall–Kier alpha value is -3.51. The van der Waals surface area contributed by atoms with Crippen molar-refractivity contribution >= 4 is 34.1 Å². The lowest BCUT2D eigenvalue weighted by Crippen LogP contribution is -2.36. The quantitative estimate of drug-likeness (QED) is 0.536. The molecule has 1 heterocycles. The van der Waals surface area contributed by atoms with E-state index in [2.05, 4.69) is 15.6 Å². The molecule has 1 atom stereocenters. The van der Waals surface area contributed by atoms with Gasteiger partial charge in [0.15, 0.2) is 6.04 Å². The summed E-state index contributed by atoms with van der Waals surface area (Å²) in [4.78, 5) is 26.5. The van der Waals surface area contributed by atoms with Crippen molar-refractivity contribution < 1.29 is 4.79 Å². The van der Waals surface area contributed by atoms with Crippen LogP contribution in [0, 0.1) is 13.8 Å². The van der Waals surface area contributed by atoms with Crippen LogP contribution >= 0.6 is 11.6 Å². The normalized spacial score (nSPS) is 12.0. The number of carbonyl (C=O) groups is 1. The fraction of sp³-hybridized carbons (Fsp3) is 0.130. The van der Waals surface area contributed by atoms with Gasteiger partial charge in [0.2, 0.25) is 0 Å². The van der Waals surface area contributed by atoms with E-state index < -0.39 is 11.6 Å². The van der Waals surface area contributed by atoms with Crippen molar-refractivity contribution in [3.8, 4) is 0 Å². The first kappa shape index (κ1) is 19.8. The van der Waals surface area contributed by atoms with Crippen molar-refractivity contribution in [2.45, 2.75) is 19.9 Å². The maximum Gasteiger partial charge on any atom is 0.278 e. The number of fused-ring (bicyclic) bond motifs is 1. The van der Waals surface area contributed by atoms with Gasteiger partial charge in [0.1, 0.15) is 5.52 Å². The van der Waals surface area contributed by atoms with Gasteiger partial charge in [0.25, 0.3) is 11.5 Å². The molecule has 1 N–H and O–H groups in total. The Balaban J connectivity index is 1.83. The molecule has 0 aliphatic heterocycles. The van der Waals surface area contributed by atoms with Crippen LogP contribution in [0.15, 0.2) is 71.5 Å². The van der Waals surface area contributed by atoms with E-state index in [1.54, 1.807) is 30.3 Å². The molecule has 150 valence electrons. The van der Waals surface area contributed by atoms with Crippen LogP contribution in [0.5, 0.6) is 0 Å². The van der Waals surface area contributed by atoms with Crippen LogP contribution in [0.4, 0.5) is 5.69 Å². The summed E-state index contributed by atoms with van der Waals surface area (Å²) in [7, 11) is 0. The Labute approximate surface area is 178 Å². The van der Waals surface area contributed by atoms with Crippen molar-refractivity contribution in [1.82, 2.24) is 15.0 Å². The molecule has 1 aromatic heterocycles. The zero-order valence-corrected chi connectivity index (χ0v) is 17.2. The molecular weight excluding hydrogens is 400 g/mol. The number of rotatable bonds is 4. The average molecular weight is 419 g/mol. The topological polar surface area (TPSA) is 76.9 Å². The summed E-state index contributed by atoms with van der Waals surface area (Å²) in [5, 5.41) is 11.9. The minimum atomic E-state index is -0.980. The average Bonchev–Trinajstić information content (AvgIpc) is 2.73. The number of aromatic nitrogens is 3. The Morgan fingerprint density at radius 3 is 2.57 bits per heavy atom. The lowest BCUT2D eigenvalue weighted by molar-refractivity contribution is -0.118. The van der Waals surface area contributed by atoms with Crippen molar-refractivity contribution in [1.29, 1.82) is 0 Å². The lowest BCUT2D eigenvalue weighted by Gasteiger charge is -2.19. The molecule has 4 aromatic rings. The van der Waals surface area contributed by atoms with E-state index in [9.17, 15) is 9.59 Å². The Bertz CT molecular complexity index is 1300. The number of hydrogen-bond acceptors (Lipinski definition) is 4. The van der Waals surface area contributed by atoms with Gasteiger partial charge in [0.05, 0.1) is 5.39 Å². The predicted molar refractivity (Wildman–Crippen MR) is 118 cm³/mol. The van der Waals surface area contributed by atoms with E-state index in [4.69, 9.17) is 11.6 Å². The van der Waals surface area contributed by atoms with Gasteiger partial charge in [0, 0.05) is 10.7 Å². The number of hydrogen-bond donors (Lipinski definition) is 1. The van der Waals surface area contributed by atoms with Crippen LogP contribution < -0.4 is 10.9 Å². The highest BCUT2D eigenvalue weighted by molar-refractivity contribution is 6.31. The molecular formula is C23H19ClN4O2. The second-order valence-electron chi connectivity index (χ2n) is 7.12. The Morgan fingerprint density at radius 1 is 1.03 bits per heavy atom. The number of aryl methyl sites for hydroxylation is 2. The smallest absolute Gasteiger partial charge is 0.278 e. The molecule has 6 nitrogen and oxygen atoms in total. The third-order valence-corrected chi connectivity index (χ3v) is 5.14. The number of benzene rings is 3. The van der Waals surface area contributed by atoms with Crippen molar-refractivity contribution in [3.05, 3.63) is 98.8 Å². The van der Waals surface area contributed by atoms with Crippen LogP contribution in [0.3, 0.4) is 0 Å². The highest BCUT2D eigenvalue weighted by atomic mass is 35.5. The van der Waals surface area contributed by atoms with Crippen molar-refractivity contribution in [3.63, 3.8) is 0 Å². The molecule has 7 heteroatoms. The molecule has 0 saturated carbocycles. The van der Waals surface area contributed by atoms with Gasteiger partial charge < -0.3 is 5.32 Å². The SMILES string of the molecule is Cc1ccc(C)c(NC(=O)C(c2ccccc2)n2nnc3cc(Cl)ccc3c2=O)c1. The van der Waals surface area contributed by atoms with Gasteiger partial charge in [-0.05, 0) is 54.8 Å². The number of carbonyl (C=O) groups excluding carboxylic acids is 1. The first-order chi connectivity index (χ1) is 14.4. The molecule has 0 fully saturated rings. The molecule has 0 aliphatic carbocycles. The van der Waals surface area contributed by atoms with Gasteiger partial charge in [-0.15, -0.1) is 5.10 Å². The first-order valence-electron chi connectivity index (χ1n) is 9.42. The maximum atomic E-state index is 13.4. The summed E-state index contributed by atoms with van der Waals surface area (Å²) in [6, 6.07) is 18.7. The second kappa shape index (κ2) is 8.08. The number of anilines is 1. The number of amides is 1. The van der Waals surface area contributed by atoms with Crippen molar-refractivity contribution in [2.24, 2.45) is 0 Å². The third-order valence-electron chi connectivity index (χ3n) is 4.91. The molecule has 1 amide bonds. The van der Waals surface area contributed by atoms with Crippen LogP contribution in [-0.2, 0) is 4.79 Å². The van der Waals surface area contributed by atoms with Gasteiger partial charge in [-0.1, -0.05) is 59.3 Å². The van der Waals surface area contributed by atoms with Crippen LogP contribution in [0.2, 0.25) is 5.02 Å². The van der Waals surface area contributed by atoms with Gasteiger partial charge in [-0.2, -0.15) is 4.68 Å². The zero-order valence-electron chi connectivity index (χ0n) is 16.5. The summed E-state index contributed by atoms with van der Waals surface area (Å²) in [5.74, 6) is -0.375. The largest absolute Gasteiger partial charge is 0.324 e. The molecule has 0 radical (unpaired) electrons. The Kier molecular flexibility index (Phi) is 5.33. The third kappa shape index (κ3) is 3.82. The molecule has 4 rings (SSSR count). The standard InChI is InChI=1S/C23H19ClN4O2/c1-14-8-9-15(2)19(12-14)25-22(29)21(16-6-4-3-5-7-16)28-23(30)18-11-10-17(24)13-20(18)26-27-28/h3-13,21H,1-2H3,(H,25,29). The summed E-state index contributed by atoms with van der Waals surface area (Å²) >= 11 is 6.00. The second-order valence-corrected chi connectivity index (χ2v) is 7.56. The molecule has 3 aromatic carbocycles. The molecule has 0 aliphatic rings.